The lowest BCUT2D eigenvalue weighted by atomic mass is 9.90. The van der Waals surface area contributed by atoms with Crippen molar-refractivity contribution in [2.45, 2.75) is 46.6 Å². The van der Waals surface area contributed by atoms with Crippen molar-refractivity contribution in [2.24, 2.45) is 11.3 Å². The van der Waals surface area contributed by atoms with Crippen molar-refractivity contribution in [2.75, 3.05) is 19.6 Å². The number of aryl methyl sites for hydroxylation is 1. The molecule has 0 atom stereocenters. The molecule has 2 amide bonds. The van der Waals surface area contributed by atoms with Crippen molar-refractivity contribution in [3.63, 3.8) is 0 Å². The molecule has 23 heavy (non-hydrogen) atoms. The third-order valence-corrected chi connectivity index (χ3v) is 4.25. The Kier molecular flexibility index (Phi) is 5.80. The lowest BCUT2D eigenvalue weighted by Gasteiger charge is -2.35. The number of rotatable bonds is 5. The number of hydrogen-bond donors (Lipinski definition) is 1. The van der Waals surface area contributed by atoms with Crippen LogP contribution in [0, 0.1) is 11.3 Å². The summed E-state index contributed by atoms with van der Waals surface area (Å²) in [6.45, 7) is 8.72. The Morgan fingerprint density at radius 1 is 1.26 bits per heavy atom. The average Bonchev–Trinajstić information content (AvgIpc) is 3.03. The number of carbonyl (C=O) groups excluding carboxylic acids is 2. The number of aromatic nitrogens is 2. The molecule has 0 radical (unpaired) electrons. The standard InChI is InChI=1S/C17H28N4O2/c1-17(2,3)16(23)21-10-5-14(6-11-21)15(22)19-7-4-9-20-12-8-18-13-20/h8,12-14H,4-7,9-11H2,1-3H3,(H,19,22). The van der Waals surface area contributed by atoms with Gasteiger partial charge in [0.05, 0.1) is 6.33 Å². The van der Waals surface area contributed by atoms with E-state index in [9.17, 15) is 9.59 Å². The number of imidazole rings is 1. The lowest BCUT2D eigenvalue weighted by Crippen LogP contribution is -2.46. The van der Waals surface area contributed by atoms with E-state index < -0.39 is 0 Å². The Hall–Kier alpha value is -1.85. The molecule has 2 heterocycles. The number of carbonyl (C=O) groups is 2. The fourth-order valence-electron chi connectivity index (χ4n) is 2.86. The Balaban J connectivity index is 1.66. The van der Waals surface area contributed by atoms with Crippen LogP contribution in [-0.2, 0) is 16.1 Å². The molecule has 1 fully saturated rings. The van der Waals surface area contributed by atoms with Gasteiger partial charge in [-0.3, -0.25) is 9.59 Å². The molecule has 1 aromatic rings. The number of piperidine rings is 1. The van der Waals surface area contributed by atoms with Crippen LogP contribution < -0.4 is 5.32 Å². The van der Waals surface area contributed by atoms with Crippen LogP contribution in [-0.4, -0.2) is 45.9 Å². The second kappa shape index (κ2) is 7.62. The van der Waals surface area contributed by atoms with Gasteiger partial charge in [0, 0.05) is 49.9 Å². The molecular weight excluding hydrogens is 292 g/mol. The molecule has 1 aromatic heterocycles. The first-order chi connectivity index (χ1) is 10.9. The van der Waals surface area contributed by atoms with Gasteiger partial charge in [-0.2, -0.15) is 0 Å². The molecule has 1 N–H and O–H groups in total. The quantitative estimate of drug-likeness (QED) is 0.839. The maximum atomic E-state index is 12.2. The third kappa shape index (κ3) is 5.08. The summed E-state index contributed by atoms with van der Waals surface area (Å²) in [4.78, 5) is 30.3. The summed E-state index contributed by atoms with van der Waals surface area (Å²) >= 11 is 0. The van der Waals surface area contributed by atoms with Gasteiger partial charge in [-0.05, 0) is 19.3 Å². The zero-order valence-corrected chi connectivity index (χ0v) is 14.4. The first-order valence-electron chi connectivity index (χ1n) is 8.41. The van der Waals surface area contributed by atoms with Crippen LogP contribution in [0.15, 0.2) is 18.7 Å². The zero-order chi connectivity index (χ0) is 16.9. The summed E-state index contributed by atoms with van der Waals surface area (Å²) < 4.78 is 2.00. The van der Waals surface area contributed by atoms with E-state index in [0.29, 0.717) is 19.6 Å². The number of amides is 2. The summed E-state index contributed by atoms with van der Waals surface area (Å²) in [5, 5.41) is 3.01. The van der Waals surface area contributed by atoms with Gasteiger partial charge < -0.3 is 14.8 Å². The molecule has 128 valence electrons. The van der Waals surface area contributed by atoms with Crippen molar-refractivity contribution < 1.29 is 9.59 Å². The molecule has 0 spiro atoms. The van der Waals surface area contributed by atoms with Crippen LogP contribution in [0.5, 0.6) is 0 Å². The highest BCUT2D eigenvalue weighted by atomic mass is 16.2. The van der Waals surface area contributed by atoms with Gasteiger partial charge in [-0.25, -0.2) is 4.98 Å². The molecule has 0 aromatic carbocycles. The highest BCUT2D eigenvalue weighted by Crippen LogP contribution is 2.23. The fourth-order valence-corrected chi connectivity index (χ4v) is 2.86. The minimum Gasteiger partial charge on any atom is -0.356 e. The lowest BCUT2D eigenvalue weighted by molar-refractivity contribution is -0.142. The molecule has 6 nitrogen and oxygen atoms in total. The van der Waals surface area contributed by atoms with Gasteiger partial charge >= 0.3 is 0 Å². The first-order valence-corrected chi connectivity index (χ1v) is 8.41. The minimum absolute atomic E-state index is 0.0345. The molecule has 0 unspecified atom stereocenters. The van der Waals surface area contributed by atoms with E-state index in [2.05, 4.69) is 10.3 Å². The fraction of sp³-hybridized carbons (Fsp3) is 0.706. The van der Waals surface area contributed by atoms with Crippen molar-refractivity contribution >= 4 is 11.8 Å². The highest BCUT2D eigenvalue weighted by molar-refractivity contribution is 5.82. The van der Waals surface area contributed by atoms with Crippen molar-refractivity contribution in [3.05, 3.63) is 18.7 Å². The van der Waals surface area contributed by atoms with Crippen molar-refractivity contribution in [3.8, 4) is 0 Å². The highest BCUT2D eigenvalue weighted by Gasteiger charge is 2.32. The summed E-state index contributed by atoms with van der Waals surface area (Å²) in [6.07, 6.45) is 7.87. The maximum absolute atomic E-state index is 12.2. The van der Waals surface area contributed by atoms with Crippen LogP contribution in [0.4, 0.5) is 0 Å². The second-order valence-electron chi connectivity index (χ2n) is 7.26. The van der Waals surface area contributed by atoms with E-state index in [0.717, 1.165) is 25.8 Å². The third-order valence-electron chi connectivity index (χ3n) is 4.25. The summed E-state index contributed by atoms with van der Waals surface area (Å²) in [7, 11) is 0. The normalized spacial score (nSPS) is 16.4. The van der Waals surface area contributed by atoms with Crippen LogP contribution in [0.3, 0.4) is 0 Å². The van der Waals surface area contributed by atoms with E-state index in [-0.39, 0.29) is 23.1 Å². The molecule has 1 saturated heterocycles. The SMILES string of the molecule is CC(C)(C)C(=O)N1CCC(C(=O)NCCCn2ccnc2)CC1. The predicted octanol–water partition coefficient (Wildman–Crippen LogP) is 1.67. The van der Waals surface area contributed by atoms with Gasteiger partial charge in [0.25, 0.3) is 0 Å². The van der Waals surface area contributed by atoms with Crippen LogP contribution in [0.2, 0.25) is 0 Å². The number of hydrogen-bond acceptors (Lipinski definition) is 3. The van der Waals surface area contributed by atoms with Gasteiger partial charge in [-0.1, -0.05) is 20.8 Å². The molecular formula is C17H28N4O2. The van der Waals surface area contributed by atoms with Gasteiger partial charge in [-0.15, -0.1) is 0 Å². The van der Waals surface area contributed by atoms with Crippen LogP contribution in [0.25, 0.3) is 0 Å². The monoisotopic (exact) mass is 320 g/mol. The van der Waals surface area contributed by atoms with E-state index in [1.165, 1.54) is 0 Å². The first kappa shape index (κ1) is 17.5. The van der Waals surface area contributed by atoms with Crippen molar-refractivity contribution in [1.29, 1.82) is 0 Å². The molecule has 0 aliphatic carbocycles. The molecule has 1 aliphatic rings. The van der Waals surface area contributed by atoms with E-state index in [4.69, 9.17) is 0 Å². The summed E-state index contributed by atoms with van der Waals surface area (Å²) in [5.41, 5.74) is -0.345. The van der Waals surface area contributed by atoms with Crippen LogP contribution >= 0.6 is 0 Å². The smallest absolute Gasteiger partial charge is 0.227 e. The summed E-state index contributed by atoms with van der Waals surface area (Å²) in [6, 6.07) is 0. The number of likely N-dealkylation sites (tertiary alicyclic amines) is 1. The largest absolute Gasteiger partial charge is 0.356 e. The number of nitrogens with zero attached hydrogens (tertiary/aromatic N) is 3. The van der Waals surface area contributed by atoms with Gasteiger partial charge in [0.15, 0.2) is 0 Å². The van der Waals surface area contributed by atoms with Crippen LogP contribution in [0.1, 0.15) is 40.0 Å². The molecule has 6 heteroatoms. The van der Waals surface area contributed by atoms with E-state index in [1.807, 2.05) is 36.4 Å². The zero-order valence-electron chi connectivity index (χ0n) is 14.4. The Labute approximate surface area is 138 Å². The second-order valence-corrected chi connectivity index (χ2v) is 7.26. The van der Waals surface area contributed by atoms with Gasteiger partial charge in [0.1, 0.15) is 0 Å². The number of nitrogens with one attached hydrogen (secondary N) is 1. The molecule has 2 rings (SSSR count). The molecule has 0 bridgehead atoms. The Bertz CT molecular complexity index is 511. The van der Waals surface area contributed by atoms with E-state index >= 15 is 0 Å². The van der Waals surface area contributed by atoms with Crippen molar-refractivity contribution in [1.82, 2.24) is 19.8 Å². The van der Waals surface area contributed by atoms with Gasteiger partial charge in [0.2, 0.25) is 11.8 Å². The summed E-state index contributed by atoms with van der Waals surface area (Å²) in [5.74, 6) is 0.336. The minimum atomic E-state index is -0.345. The Morgan fingerprint density at radius 2 is 1.96 bits per heavy atom. The molecule has 0 saturated carbocycles. The molecule has 1 aliphatic heterocycles. The maximum Gasteiger partial charge on any atom is 0.227 e. The average molecular weight is 320 g/mol. The van der Waals surface area contributed by atoms with E-state index in [1.54, 1.807) is 12.5 Å². The Morgan fingerprint density at radius 3 is 2.52 bits per heavy atom. The predicted molar refractivity (Wildman–Crippen MR) is 88.6 cm³/mol. The topological polar surface area (TPSA) is 67.2 Å².